The molecule has 0 atom stereocenters. The molecule has 138 valence electrons. The third-order valence-corrected chi connectivity index (χ3v) is 3.81. The molecule has 1 aliphatic rings. The lowest BCUT2D eigenvalue weighted by atomic mass is 9.92. The molecule has 0 unspecified atom stereocenters. The van der Waals surface area contributed by atoms with Gasteiger partial charge in [-0.1, -0.05) is 5.21 Å². The van der Waals surface area contributed by atoms with Crippen LogP contribution in [0.2, 0.25) is 0 Å². The fourth-order valence-corrected chi connectivity index (χ4v) is 2.80. The highest BCUT2D eigenvalue weighted by Crippen LogP contribution is 2.30. The van der Waals surface area contributed by atoms with Gasteiger partial charge in [0.15, 0.2) is 5.69 Å². The molecule has 3 N–H and O–H groups in total. The maximum absolute atomic E-state index is 12.1. The second kappa shape index (κ2) is 7.08. The first-order valence-electron chi connectivity index (χ1n) is 8.01. The molecule has 2 heterocycles. The second-order valence-electron chi connectivity index (χ2n) is 6.99. The topological polar surface area (TPSA) is 141 Å². The van der Waals surface area contributed by atoms with Crippen LogP contribution in [0.15, 0.2) is 0 Å². The molecule has 0 bridgehead atoms. The number of hydrogen-bond acceptors (Lipinski definition) is 6. The van der Waals surface area contributed by atoms with E-state index in [0.717, 1.165) is 0 Å². The van der Waals surface area contributed by atoms with Gasteiger partial charge < -0.3 is 20.5 Å². The number of likely N-dealkylation sites (tertiary alicyclic amines) is 1. The van der Waals surface area contributed by atoms with Crippen LogP contribution in [0.1, 0.15) is 55.7 Å². The number of nitrogens with two attached hydrogens (primary N) is 1. The Balaban J connectivity index is 2.12. The van der Waals surface area contributed by atoms with Gasteiger partial charge in [-0.05, 0) is 33.6 Å². The summed E-state index contributed by atoms with van der Waals surface area (Å²) in [5, 5.41) is 16.7. The molecule has 1 saturated heterocycles. The van der Waals surface area contributed by atoms with Gasteiger partial charge in [0.2, 0.25) is 5.91 Å². The smallest absolute Gasteiger partial charge is 0.410 e. The summed E-state index contributed by atoms with van der Waals surface area (Å²) in [7, 11) is 0. The predicted octanol–water partition coefficient (Wildman–Crippen LogP) is 0.576. The van der Waals surface area contributed by atoms with E-state index in [1.54, 1.807) is 25.7 Å². The van der Waals surface area contributed by atoms with Crippen molar-refractivity contribution in [2.75, 3.05) is 13.1 Å². The molecule has 1 aliphatic heterocycles. The van der Waals surface area contributed by atoms with Gasteiger partial charge in [0.25, 0.3) is 0 Å². The Bertz CT molecular complexity index is 670. The summed E-state index contributed by atoms with van der Waals surface area (Å²) < 4.78 is 6.58. The summed E-state index contributed by atoms with van der Waals surface area (Å²) >= 11 is 0. The average molecular weight is 353 g/mol. The molecule has 10 heteroatoms. The van der Waals surface area contributed by atoms with Crippen LogP contribution in [-0.4, -0.2) is 61.7 Å². The van der Waals surface area contributed by atoms with Crippen molar-refractivity contribution in [1.29, 1.82) is 0 Å². The third kappa shape index (κ3) is 4.68. The summed E-state index contributed by atoms with van der Waals surface area (Å²) in [4.78, 5) is 36.3. The van der Waals surface area contributed by atoms with Gasteiger partial charge in [-0.15, -0.1) is 5.10 Å². The highest BCUT2D eigenvalue weighted by molar-refractivity contribution is 5.87. The Morgan fingerprint density at radius 3 is 2.36 bits per heavy atom. The summed E-state index contributed by atoms with van der Waals surface area (Å²) in [6.45, 7) is 5.99. The Kier molecular flexibility index (Phi) is 5.29. The molecule has 1 aromatic rings. The number of ether oxygens (including phenoxy) is 1. The van der Waals surface area contributed by atoms with Gasteiger partial charge >= 0.3 is 12.1 Å². The zero-order valence-corrected chi connectivity index (χ0v) is 14.6. The minimum absolute atomic E-state index is 0.181. The van der Waals surface area contributed by atoms with E-state index < -0.39 is 23.6 Å². The third-order valence-electron chi connectivity index (χ3n) is 3.81. The largest absolute Gasteiger partial charge is 0.476 e. The van der Waals surface area contributed by atoms with Crippen molar-refractivity contribution in [2.45, 2.75) is 51.7 Å². The van der Waals surface area contributed by atoms with E-state index in [2.05, 4.69) is 10.3 Å². The molecule has 0 radical (unpaired) electrons. The molecular weight excluding hydrogens is 330 g/mol. The SMILES string of the molecule is CC(C)(C)OC(=O)N1CCC(c2c(C(=O)O)nnn2CC(N)=O)CC1. The molecule has 2 amide bonds. The number of rotatable bonds is 4. The van der Waals surface area contributed by atoms with Crippen LogP contribution in [0.5, 0.6) is 0 Å². The molecule has 0 saturated carbocycles. The monoisotopic (exact) mass is 353 g/mol. The van der Waals surface area contributed by atoms with Gasteiger partial charge in [0.05, 0.1) is 5.69 Å². The number of aromatic carboxylic acids is 1. The van der Waals surface area contributed by atoms with Crippen LogP contribution in [0.3, 0.4) is 0 Å². The average Bonchev–Trinajstić information content (AvgIpc) is 2.88. The lowest BCUT2D eigenvalue weighted by Gasteiger charge is -2.33. The van der Waals surface area contributed by atoms with Crippen molar-refractivity contribution in [1.82, 2.24) is 19.9 Å². The van der Waals surface area contributed by atoms with Crippen molar-refractivity contribution in [3.05, 3.63) is 11.4 Å². The molecule has 1 fully saturated rings. The number of hydrogen-bond donors (Lipinski definition) is 2. The number of aromatic nitrogens is 3. The Hall–Kier alpha value is -2.65. The summed E-state index contributed by atoms with van der Waals surface area (Å²) in [5.41, 5.74) is 4.80. The van der Waals surface area contributed by atoms with Gasteiger partial charge in [-0.3, -0.25) is 4.79 Å². The number of nitrogens with zero attached hydrogens (tertiary/aromatic N) is 4. The number of piperidine rings is 1. The van der Waals surface area contributed by atoms with Crippen molar-refractivity contribution in [3.63, 3.8) is 0 Å². The zero-order valence-electron chi connectivity index (χ0n) is 14.6. The number of primary amides is 1. The molecule has 10 nitrogen and oxygen atoms in total. The first kappa shape index (κ1) is 18.7. The van der Waals surface area contributed by atoms with Gasteiger partial charge in [-0.25, -0.2) is 14.3 Å². The van der Waals surface area contributed by atoms with Crippen molar-refractivity contribution in [2.24, 2.45) is 5.73 Å². The zero-order chi connectivity index (χ0) is 18.8. The molecular formula is C15H23N5O5. The van der Waals surface area contributed by atoms with E-state index in [0.29, 0.717) is 31.6 Å². The molecule has 0 spiro atoms. The van der Waals surface area contributed by atoms with E-state index in [-0.39, 0.29) is 18.2 Å². The van der Waals surface area contributed by atoms with Crippen LogP contribution >= 0.6 is 0 Å². The van der Waals surface area contributed by atoms with Crippen LogP contribution < -0.4 is 5.73 Å². The van der Waals surface area contributed by atoms with E-state index in [1.165, 1.54) is 4.68 Å². The molecule has 2 rings (SSSR count). The number of amides is 2. The second-order valence-corrected chi connectivity index (χ2v) is 6.99. The van der Waals surface area contributed by atoms with E-state index >= 15 is 0 Å². The fraction of sp³-hybridized carbons (Fsp3) is 0.667. The van der Waals surface area contributed by atoms with E-state index in [9.17, 15) is 19.5 Å². The van der Waals surface area contributed by atoms with E-state index in [1.807, 2.05) is 0 Å². The maximum atomic E-state index is 12.1. The predicted molar refractivity (Wildman–Crippen MR) is 86.0 cm³/mol. The van der Waals surface area contributed by atoms with E-state index in [4.69, 9.17) is 10.5 Å². The minimum atomic E-state index is -1.21. The first-order chi connectivity index (χ1) is 11.6. The maximum Gasteiger partial charge on any atom is 0.410 e. The van der Waals surface area contributed by atoms with Crippen molar-refractivity contribution < 1.29 is 24.2 Å². The number of carbonyl (C=O) groups is 3. The summed E-state index contributed by atoms with van der Waals surface area (Å²) in [5.74, 6) is -2.02. The Labute approximate surface area is 144 Å². The fourth-order valence-electron chi connectivity index (χ4n) is 2.80. The highest BCUT2D eigenvalue weighted by Gasteiger charge is 2.32. The molecule has 1 aromatic heterocycles. The normalized spacial score (nSPS) is 15.9. The quantitative estimate of drug-likeness (QED) is 0.806. The lowest BCUT2D eigenvalue weighted by molar-refractivity contribution is -0.118. The van der Waals surface area contributed by atoms with Crippen LogP contribution in [0.4, 0.5) is 4.79 Å². The first-order valence-corrected chi connectivity index (χ1v) is 8.01. The Morgan fingerprint density at radius 2 is 1.88 bits per heavy atom. The van der Waals surface area contributed by atoms with Gasteiger partial charge in [0, 0.05) is 19.0 Å². The van der Waals surface area contributed by atoms with Gasteiger partial charge in [-0.2, -0.15) is 0 Å². The van der Waals surface area contributed by atoms with Crippen LogP contribution in [0, 0.1) is 0 Å². The number of carbonyl (C=O) groups excluding carboxylic acids is 2. The standard InChI is InChI=1S/C15H23N5O5/c1-15(2,3)25-14(24)19-6-4-9(5-7-19)12-11(13(22)23)17-18-20(12)8-10(16)21/h9H,4-8H2,1-3H3,(H2,16,21)(H,22,23). The Morgan fingerprint density at radius 1 is 1.28 bits per heavy atom. The number of carboxylic acids is 1. The van der Waals surface area contributed by atoms with Crippen molar-refractivity contribution >= 4 is 18.0 Å². The van der Waals surface area contributed by atoms with Gasteiger partial charge in [0.1, 0.15) is 12.1 Å². The van der Waals surface area contributed by atoms with Crippen LogP contribution in [0.25, 0.3) is 0 Å². The summed E-state index contributed by atoms with van der Waals surface area (Å²) in [6, 6.07) is 0. The molecule has 0 aliphatic carbocycles. The molecule has 25 heavy (non-hydrogen) atoms. The number of carboxylic acid groups (broad SMARTS) is 1. The summed E-state index contributed by atoms with van der Waals surface area (Å²) in [6.07, 6.45) is 0.644. The molecule has 0 aromatic carbocycles. The highest BCUT2D eigenvalue weighted by atomic mass is 16.6. The lowest BCUT2D eigenvalue weighted by Crippen LogP contribution is -2.41. The van der Waals surface area contributed by atoms with Crippen LogP contribution in [-0.2, 0) is 16.1 Å². The van der Waals surface area contributed by atoms with Crippen molar-refractivity contribution in [3.8, 4) is 0 Å². The minimum Gasteiger partial charge on any atom is -0.476 e.